The van der Waals surface area contributed by atoms with Crippen molar-refractivity contribution in [3.05, 3.63) is 6.33 Å². The Morgan fingerprint density at radius 1 is 1.38 bits per heavy atom. The van der Waals surface area contributed by atoms with Crippen LogP contribution in [0.25, 0.3) is 11.2 Å². The molecule has 3 rings (SSSR count). The van der Waals surface area contributed by atoms with Crippen LogP contribution in [0.1, 0.15) is 6.23 Å². The molecule has 3 unspecified atom stereocenters. The number of fused-ring (bicyclic) bond motifs is 1. The molecule has 0 amide bonds. The van der Waals surface area contributed by atoms with Crippen LogP contribution in [0.2, 0.25) is 0 Å². The van der Waals surface area contributed by atoms with E-state index in [0.29, 0.717) is 0 Å². The van der Waals surface area contributed by atoms with E-state index in [0.717, 1.165) is 10.9 Å². The summed E-state index contributed by atoms with van der Waals surface area (Å²) in [6.45, 7) is -0.751. The lowest BCUT2D eigenvalue weighted by molar-refractivity contribution is -0.138. The Balaban J connectivity index is 2.13. The summed E-state index contributed by atoms with van der Waals surface area (Å²) in [6, 6.07) is 0. The Kier molecular flexibility index (Phi) is 2.93. The molecule has 3 heterocycles. The lowest BCUT2D eigenvalue weighted by atomic mass is 10.1. The zero-order chi connectivity index (χ0) is 15.4. The third-order valence-electron chi connectivity index (χ3n) is 3.28. The number of rotatable bonds is 2. The van der Waals surface area contributed by atoms with Crippen molar-refractivity contribution in [2.45, 2.75) is 24.4 Å². The van der Waals surface area contributed by atoms with Crippen LogP contribution in [0.4, 0.5) is 20.5 Å². The first-order valence-corrected chi connectivity index (χ1v) is 5.94. The van der Waals surface area contributed by atoms with Gasteiger partial charge in [-0.1, -0.05) is 0 Å². The number of anilines is 2. The number of nitrogens with two attached hydrogens (primary N) is 2. The minimum Gasteiger partial charge on any atom is -0.394 e. The molecule has 0 radical (unpaired) electrons. The number of nitrogens with zero attached hydrogens (tertiary/aromatic N) is 4. The molecule has 0 saturated carbocycles. The molecule has 21 heavy (non-hydrogen) atoms. The zero-order valence-corrected chi connectivity index (χ0v) is 10.5. The Labute approximate surface area is 116 Å². The molecule has 2 aromatic heterocycles. The van der Waals surface area contributed by atoms with E-state index < -0.39 is 31.0 Å². The van der Waals surface area contributed by atoms with E-state index in [-0.39, 0.29) is 22.9 Å². The Bertz CT molecular complexity index is 693. The molecule has 1 saturated heterocycles. The van der Waals surface area contributed by atoms with E-state index in [2.05, 4.69) is 15.0 Å². The number of alkyl halides is 2. The number of aromatic nitrogens is 4. The number of ether oxygens (including phenoxy) is 1. The Hall–Kier alpha value is -2.11. The van der Waals surface area contributed by atoms with Gasteiger partial charge in [-0.2, -0.15) is 18.7 Å². The van der Waals surface area contributed by atoms with Gasteiger partial charge in [0, 0.05) is 0 Å². The second-order valence-electron chi connectivity index (χ2n) is 4.62. The maximum atomic E-state index is 14.1. The summed E-state index contributed by atoms with van der Waals surface area (Å²) in [6.07, 6.45) is -4.41. The summed E-state index contributed by atoms with van der Waals surface area (Å²) in [5.41, 5.74) is 11.1. The normalized spacial score (nSPS) is 28.3. The smallest absolute Gasteiger partial charge is 0.320 e. The van der Waals surface area contributed by atoms with Crippen LogP contribution in [-0.2, 0) is 4.74 Å². The van der Waals surface area contributed by atoms with Gasteiger partial charge in [-0.15, -0.1) is 0 Å². The van der Waals surface area contributed by atoms with E-state index >= 15 is 0 Å². The molecule has 0 aliphatic carbocycles. The van der Waals surface area contributed by atoms with Gasteiger partial charge in [-0.05, 0) is 0 Å². The maximum absolute atomic E-state index is 14.1. The van der Waals surface area contributed by atoms with Gasteiger partial charge >= 0.3 is 5.92 Å². The van der Waals surface area contributed by atoms with Crippen molar-refractivity contribution in [3.63, 3.8) is 0 Å². The van der Waals surface area contributed by atoms with Gasteiger partial charge in [0.1, 0.15) is 11.6 Å². The fraction of sp³-hybridized carbons (Fsp3) is 0.500. The molecule has 11 heteroatoms. The number of hydrogen-bond acceptors (Lipinski definition) is 8. The lowest BCUT2D eigenvalue weighted by Gasteiger charge is -2.20. The first kappa shape index (κ1) is 13.9. The highest BCUT2D eigenvalue weighted by atomic mass is 19.3. The van der Waals surface area contributed by atoms with Crippen LogP contribution >= 0.6 is 0 Å². The van der Waals surface area contributed by atoms with Gasteiger partial charge in [0.05, 0.1) is 12.9 Å². The SMILES string of the molecule is Nc1nc(N)c2ncn(C3OC(CO)C(O)C3(F)F)c2n1. The van der Waals surface area contributed by atoms with Crippen molar-refractivity contribution in [1.29, 1.82) is 0 Å². The van der Waals surface area contributed by atoms with Gasteiger partial charge in [0.15, 0.2) is 17.6 Å². The molecule has 3 atom stereocenters. The van der Waals surface area contributed by atoms with E-state index in [1.54, 1.807) is 0 Å². The van der Waals surface area contributed by atoms with Gasteiger partial charge in [-0.25, -0.2) is 4.98 Å². The molecule has 0 aromatic carbocycles. The number of aliphatic hydroxyl groups is 2. The molecule has 9 nitrogen and oxygen atoms in total. The van der Waals surface area contributed by atoms with Crippen LogP contribution in [0.5, 0.6) is 0 Å². The number of hydrogen-bond donors (Lipinski definition) is 4. The molecule has 114 valence electrons. The average molecular weight is 302 g/mol. The first-order chi connectivity index (χ1) is 9.86. The van der Waals surface area contributed by atoms with Crippen molar-refractivity contribution < 1.29 is 23.7 Å². The lowest BCUT2D eigenvalue weighted by Crippen LogP contribution is -2.39. The minimum absolute atomic E-state index is 0.0459. The molecule has 2 aromatic rings. The quantitative estimate of drug-likeness (QED) is 0.545. The number of halogens is 2. The topological polar surface area (TPSA) is 145 Å². The van der Waals surface area contributed by atoms with Crippen LogP contribution < -0.4 is 11.5 Å². The first-order valence-electron chi connectivity index (χ1n) is 5.94. The van der Waals surface area contributed by atoms with Crippen molar-refractivity contribution in [3.8, 4) is 0 Å². The van der Waals surface area contributed by atoms with Crippen molar-refractivity contribution in [2.24, 2.45) is 0 Å². The molecule has 1 fully saturated rings. The third kappa shape index (κ3) is 1.89. The predicted octanol–water partition coefficient (Wildman–Crippen LogP) is -1.12. The number of aliphatic hydroxyl groups excluding tert-OH is 2. The summed E-state index contributed by atoms with van der Waals surface area (Å²) >= 11 is 0. The van der Waals surface area contributed by atoms with Crippen LogP contribution in [0.3, 0.4) is 0 Å². The van der Waals surface area contributed by atoms with Crippen molar-refractivity contribution >= 4 is 22.9 Å². The van der Waals surface area contributed by atoms with Gasteiger partial charge in [0.25, 0.3) is 0 Å². The predicted molar refractivity (Wildman–Crippen MR) is 66.1 cm³/mol. The molecule has 6 N–H and O–H groups in total. The highest BCUT2D eigenvalue weighted by molar-refractivity contribution is 5.82. The van der Waals surface area contributed by atoms with Gasteiger partial charge < -0.3 is 26.4 Å². The average Bonchev–Trinajstić information content (AvgIpc) is 2.91. The van der Waals surface area contributed by atoms with Gasteiger partial charge in [0.2, 0.25) is 12.2 Å². The molecular formula is C10H12F2N6O3. The minimum atomic E-state index is -3.64. The summed E-state index contributed by atoms with van der Waals surface area (Å²) in [5.74, 6) is -3.91. The van der Waals surface area contributed by atoms with Crippen LogP contribution in [0.15, 0.2) is 6.33 Å². The largest absolute Gasteiger partial charge is 0.394 e. The van der Waals surface area contributed by atoms with Crippen molar-refractivity contribution in [2.75, 3.05) is 18.1 Å². The Morgan fingerprint density at radius 3 is 2.71 bits per heavy atom. The van der Waals surface area contributed by atoms with E-state index in [1.807, 2.05) is 0 Å². The van der Waals surface area contributed by atoms with Crippen LogP contribution in [-0.4, -0.2) is 54.5 Å². The third-order valence-corrected chi connectivity index (χ3v) is 3.28. The fourth-order valence-electron chi connectivity index (χ4n) is 2.25. The molecule has 1 aliphatic rings. The fourth-order valence-corrected chi connectivity index (χ4v) is 2.25. The summed E-state index contributed by atoms with van der Waals surface area (Å²) in [4.78, 5) is 11.3. The molecular weight excluding hydrogens is 290 g/mol. The summed E-state index contributed by atoms with van der Waals surface area (Å²) in [5, 5.41) is 18.5. The van der Waals surface area contributed by atoms with Gasteiger partial charge in [-0.3, -0.25) is 4.57 Å². The van der Waals surface area contributed by atoms with E-state index in [9.17, 15) is 13.9 Å². The van der Waals surface area contributed by atoms with E-state index in [1.165, 1.54) is 0 Å². The highest BCUT2D eigenvalue weighted by Crippen LogP contribution is 2.43. The number of imidazole rings is 1. The van der Waals surface area contributed by atoms with Crippen LogP contribution in [0, 0.1) is 0 Å². The molecule has 0 bridgehead atoms. The number of nitrogen functional groups attached to an aromatic ring is 2. The Morgan fingerprint density at radius 2 is 2.10 bits per heavy atom. The zero-order valence-electron chi connectivity index (χ0n) is 10.5. The highest BCUT2D eigenvalue weighted by Gasteiger charge is 2.59. The standard InChI is InChI=1S/C10H12F2N6O3/c11-10(12)5(20)3(1-19)21-8(10)18-2-15-4-6(13)16-9(14)17-7(4)18/h2-3,5,8,19-20H,1H2,(H4,13,14,16,17). The molecule has 0 spiro atoms. The second-order valence-corrected chi connectivity index (χ2v) is 4.62. The maximum Gasteiger partial charge on any atom is 0.320 e. The molecule has 1 aliphatic heterocycles. The second kappa shape index (κ2) is 4.44. The monoisotopic (exact) mass is 302 g/mol. The van der Waals surface area contributed by atoms with E-state index in [4.69, 9.17) is 21.3 Å². The summed E-state index contributed by atoms with van der Waals surface area (Å²) in [7, 11) is 0. The van der Waals surface area contributed by atoms with Crippen molar-refractivity contribution in [1.82, 2.24) is 19.5 Å². The summed E-state index contributed by atoms with van der Waals surface area (Å²) < 4.78 is 34.1.